The third kappa shape index (κ3) is 4.65. The first-order chi connectivity index (χ1) is 9.65. The smallest absolute Gasteiger partial charge is 0.258 e. The van der Waals surface area contributed by atoms with Crippen LogP contribution in [0.2, 0.25) is 5.02 Å². The summed E-state index contributed by atoms with van der Waals surface area (Å²) >= 11 is 5.57. The molecule has 110 valence electrons. The van der Waals surface area contributed by atoms with Crippen LogP contribution < -0.4 is 15.4 Å². The number of ether oxygens (including phenoxy) is 1. The Morgan fingerprint density at radius 3 is 3.10 bits per heavy atom. The van der Waals surface area contributed by atoms with Crippen LogP contribution in [-0.4, -0.2) is 31.6 Å². The van der Waals surface area contributed by atoms with Crippen molar-refractivity contribution in [2.75, 3.05) is 19.7 Å². The van der Waals surface area contributed by atoms with Gasteiger partial charge in [-0.05, 0) is 44.5 Å². The molecule has 1 aliphatic rings. The molecule has 1 aliphatic heterocycles. The number of hydrogen-bond donors (Lipinski definition) is 2. The standard InChI is InChI=1S/C14H18ClFN2O2/c15-12-4-3-11(8-13(12)16)20-9-14(19)18-10-2-1-6-17-7-5-10/h3-4,8,10,17H,1-2,5-7,9H2,(H,18,19). The average Bonchev–Trinajstić information content (AvgIpc) is 2.69. The van der Waals surface area contributed by atoms with Crippen molar-refractivity contribution in [1.82, 2.24) is 10.6 Å². The Morgan fingerprint density at radius 2 is 2.30 bits per heavy atom. The van der Waals surface area contributed by atoms with E-state index in [2.05, 4.69) is 10.6 Å². The number of rotatable bonds is 4. The fourth-order valence-corrected chi connectivity index (χ4v) is 2.27. The van der Waals surface area contributed by atoms with Gasteiger partial charge < -0.3 is 15.4 Å². The van der Waals surface area contributed by atoms with E-state index >= 15 is 0 Å². The van der Waals surface area contributed by atoms with Gasteiger partial charge >= 0.3 is 0 Å². The molecule has 0 aromatic heterocycles. The predicted octanol–water partition coefficient (Wildman–Crippen LogP) is 2.12. The fourth-order valence-electron chi connectivity index (χ4n) is 2.15. The molecule has 6 heteroatoms. The van der Waals surface area contributed by atoms with Gasteiger partial charge in [0.25, 0.3) is 5.91 Å². The van der Waals surface area contributed by atoms with Gasteiger partial charge in [-0.3, -0.25) is 4.79 Å². The highest BCUT2D eigenvalue weighted by molar-refractivity contribution is 6.30. The Kier molecular flexibility index (Phi) is 5.61. The van der Waals surface area contributed by atoms with E-state index in [-0.39, 0.29) is 23.6 Å². The van der Waals surface area contributed by atoms with Gasteiger partial charge in [-0.1, -0.05) is 11.6 Å². The van der Waals surface area contributed by atoms with E-state index in [0.717, 1.165) is 32.4 Å². The van der Waals surface area contributed by atoms with Crippen LogP contribution in [0.3, 0.4) is 0 Å². The van der Waals surface area contributed by atoms with Gasteiger partial charge in [0.05, 0.1) is 5.02 Å². The van der Waals surface area contributed by atoms with Gasteiger partial charge in [0, 0.05) is 12.1 Å². The summed E-state index contributed by atoms with van der Waals surface area (Å²) in [7, 11) is 0. The van der Waals surface area contributed by atoms with Crippen LogP contribution >= 0.6 is 11.6 Å². The van der Waals surface area contributed by atoms with Crippen molar-refractivity contribution in [2.45, 2.75) is 25.3 Å². The molecule has 1 saturated heterocycles. The molecule has 0 radical (unpaired) electrons. The number of hydrogen-bond acceptors (Lipinski definition) is 3. The van der Waals surface area contributed by atoms with Crippen molar-refractivity contribution >= 4 is 17.5 Å². The van der Waals surface area contributed by atoms with Crippen molar-refractivity contribution in [3.8, 4) is 5.75 Å². The molecule has 2 rings (SSSR count). The molecule has 0 saturated carbocycles. The molecule has 1 amide bonds. The van der Waals surface area contributed by atoms with Gasteiger partial charge in [0.1, 0.15) is 11.6 Å². The molecule has 20 heavy (non-hydrogen) atoms. The second-order valence-electron chi connectivity index (χ2n) is 4.81. The van der Waals surface area contributed by atoms with Crippen LogP contribution in [-0.2, 0) is 4.79 Å². The first-order valence-electron chi connectivity index (χ1n) is 6.73. The van der Waals surface area contributed by atoms with Gasteiger partial charge in [-0.25, -0.2) is 4.39 Å². The van der Waals surface area contributed by atoms with Crippen LogP contribution in [0, 0.1) is 5.82 Å². The third-order valence-electron chi connectivity index (χ3n) is 3.20. The maximum atomic E-state index is 13.2. The summed E-state index contributed by atoms with van der Waals surface area (Å²) in [5.41, 5.74) is 0. The average molecular weight is 301 g/mol. The maximum Gasteiger partial charge on any atom is 0.258 e. The predicted molar refractivity (Wildman–Crippen MR) is 75.6 cm³/mol. The van der Waals surface area contributed by atoms with Gasteiger partial charge in [-0.2, -0.15) is 0 Å². The SMILES string of the molecule is O=C(COc1ccc(Cl)c(F)c1)NC1CCCNCC1. The normalized spacial score (nSPS) is 19.2. The minimum atomic E-state index is -0.556. The second-order valence-corrected chi connectivity index (χ2v) is 5.22. The molecule has 1 heterocycles. The third-order valence-corrected chi connectivity index (χ3v) is 3.51. The molecule has 1 aromatic rings. The Bertz CT molecular complexity index is 462. The Morgan fingerprint density at radius 1 is 1.45 bits per heavy atom. The highest BCUT2D eigenvalue weighted by Gasteiger charge is 2.14. The lowest BCUT2D eigenvalue weighted by Gasteiger charge is -2.16. The largest absolute Gasteiger partial charge is 0.484 e. The molecule has 2 N–H and O–H groups in total. The molecule has 0 spiro atoms. The highest BCUT2D eigenvalue weighted by atomic mass is 35.5. The number of benzene rings is 1. The maximum absolute atomic E-state index is 13.2. The van der Waals surface area contributed by atoms with Crippen LogP contribution in [0.15, 0.2) is 18.2 Å². The zero-order valence-corrected chi connectivity index (χ0v) is 11.9. The number of halogens is 2. The van der Waals surface area contributed by atoms with E-state index in [1.165, 1.54) is 18.2 Å². The number of carbonyl (C=O) groups excluding carboxylic acids is 1. The van der Waals surface area contributed by atoms with E-state index in [9.17, 15) is 9.18 Å². The lowest BCUT2D eigenvalue weighted by atomic mass is 10.1. The highest BCUT2D eigenvalue weighted by Crippen LogP contribution is 2.20. The monoisotopic (exact) mass is 300 g/mol. The van der Waals surface area contributed by atoms with Crippen LogP contribution in [0.4, 0.5) is 4.39 Å². The van der Waals surface area contributed by atoms with E-state index in [0.29, 0.717) is 5.75 Å². The zero-order valence-electron chi connectivity index (χ0n) is 11.1. The van der Waals surface area contributed by atoms with E-state index < -0.39 is 5.82 Å². The first-order valence-corrected chi connectivity index (χ1v) is 7.11. The van der Waals surface area contributed by atoms with E-state index in [1.54, 1.807) is 0 Å². The molecule has 1 unspecified atom stereocenters. The summed E-state index contributed by atoms with van der Waals surface area (Å²) in [6.07, 6.45) is 2.93. The Hall–Kier alpha value is -1.33. The Balaban J connectivity index is 1.77. The molecule has 1 aromatic carbocycles. The van der Waals surface area contributed by atoms with Crippen molar-refractivity contribution in [3.63, 3.8) is 0 Å². The topological polar surface area (TPSA) is 50.4 Å². The molecular weight excluding hydrogens is 283 g/mol. The summed E-state index contributed by atoms with van der Waals surface area (Å²) in [4.78, 5) is 11.8. The fraction of sp³-hybridized carbons (Fsp3) is 0.500. The quantitative estimate of drug-likeness (QED) is 0.895. The molecule has 4 nitrogen and oxygen atoms in total. The molecule has 1 fully saturated rings. The molecule has 0 aliphatic carbocycles. The summed E-state index contributed by atoms with van der Waals surface area (Å²) in [6.45, 7) is 1.78. The molecule has 0 bridgehead atoms. The first kappa shape index (κ1) is 15.1. The van der Waals surface area contributed by atoms with Crippen LogP contribution in [0.5, 0.6) is 5.75 Å². The van der Waals surface area contributed by atoms with Crippen molar-refractivity contribution in [1.29, 1.82) is 0 Å². The van der Waals surface area contributed by atoms with Crippen molar-refractivity contribution in [2.24, 2.45) is 0 Å². The summed E-state index contributed by atoms with van der Waals surface area (Å²) in [5, 5.41) is 6.25. The van der Waals surface area contributed by atoms with Gasteiger partial charge in [0.2, 0.25) is 0 Å². The van der Waals surface area contributed by atoms with E-state index in [1.807, 2.05) is 0 Å². The summed E-state index contributed by atoms with van der Waals surface area (Å²) in [6, 6.07) is 4.30. The van der Waals surface area contributed by atoms with Crippen molar-refractivity contribution in [3.05, 3.63) is 29.0 Å². The molecule has 1 atom stereocenters. The van der Waals surface area contributed by atoms with Gasteiger partial charge in [0.15, 0.2) is 6.61 Å². The van der Waals surface area contributed by atoms with Crippen LogP contribution in [0.1, 0.15) is 19.3 Å². The number of carbonyl (C=O) groups is 1. The van der Waals surface area contributed by atoms with Crippen LogP contribution in [0.25, 0.3) is 0 Å². The lowest BCUT2D eigenvalue weighted by molar-refractivity contribution is -0.123. The van der Waals surface area contributed by atoms with Gasteiger partial charge in [-0.15, -0.1) is 0 Å². The molecular formula is C14H18ClFN2O2. The Labute approximate surface area is 122 Å². The second kappa shape index (κ2) is 7.45. The van der Waals surface area contributed by atoms with Crippen molar-refractivity contribution < 1.29 is 13.9 Å². The van der Waals surface area contributed by atoms with E-state index in [4.69, 9.17) is 16.3 Å². The number of nitrogens with one attached hydrogen (secondary N) is 2. The summed E-state index contributed by atoms with van der Waals surface area (Å²) < 4.78 is 18.5. The summed E-state index contributed by atoms with van der Waals surface area (Å²) in [5.74, 6) is -0.448. The minimum Gasteiger partial charge on any atom is -0.484 e. The minimum absolute atomic E-state index is 0.0350. The lowest BCUT2D eigenvalue weighted by Crippen LogP contribution is -2.38. The zero-order chi connectivity index (χ0) is 14.4. The number of amides is 1.